The molecule has 0 aromatic heterocycles. The Balaban J connectivity index is 1.60. The summed E-state index contributed by atoms with van der Waals surface area (Å²) >= 11 is 0. The van der Waals surface area contributed by atoms with E-state index >= 15 is 0 Å². The second kappa shape index (κ2) is 8.43. The second-order valence-corrected chi connectivity index (χ2v) is 15.8. The van der Waals surface area contributed by atoms with Crippen LogP contribution in [0.3, 0.4) is 0 Å². The number of allylic oxidation sites excluding steroid dienone is 2. The predicted octanol–water partition coefficient (Wildman–Crippen LogP) is 7.07. The Kier molecular flexibility index (Phi) is 6.19. The van der Waals surface area contributed by atoms with Crippen LogP contribution < -0.4 is 0 Å². The zero-order chi connectivity index (χ0) is 28.1. The summed E-state index contributed by atoms with van der Waals surface area (Å²) in [5.74, 6) is 0.120. The molecule has 5 nitrogen and oxygen atoms in total. The second-order valence-electron chi connectivity index (χ2n) is 15.8. The highest BCUT2D eigenvalue weighted by atomic mass is 16.5. The number of methoxy groups -OCH3 is 1. The number of fused-ring (bicyclic) bond motifs is 7. The van der Waals surface area contributed by atoms with E-state index in [0.717, 1.165) is 57.8 Å². The van der Waals surface area contributed by atoms with E-state index in [9.17, 15) is 14.4 Å². The van der Waals surface area contributed by atoms with Crippen molar-refractivity contribution < 1.29 is 23.9 Å². The third-order valence-corrected chi connectivity index (χ3v) is 13.2. The van der Waals surface area contributed by atoms with Crippen LogP contribution in [0, 0.1) is 50.2 Å². The zero-order valence-electron chi connectivity index (χ0n) is 25.3. The smallest absolute Gasteiger partial charge is 0.312 e. The number of hydrogen-bond acceptors (Lipinski definition) is 5. The average molecular weight is 527 g/mol. The molecule has 1 unspecified atom stereocenters. The monoisotopic (exact) mass is 526 g/mol. The van der Waals surface area contributed by atoms with Gasteiger partial charge in [0.05, 0.1) is 12.5 Å². The molecule has 4 saturated carbocycles. The number of carbonyl (C=O) groups excluding carboxylic acids is 3. The minimum atomic E-state index is -0.545. The van der Waals surface area contributed by atoms with Crippen LogP contribution in [-0.4, -0.2) is 30.9 Å². The molecule has 4 fully saturated rings. The standard InChI is InChI=1S/C33H50O5/c1-20(34)38-25-11-12-30(6)23(29(25,4)5)10-13-31(7)24(30)18-22(35)26-21-19-28(2,3)14-16-33(21,27(36)37-9)17-15-32(26,31)8/h18,21,23,25-26H,10-17,19H2,1-9H3/t21-,23-,25-,26?,30-,31+,32+,33-/m0/s1. The Bertz CT molecular complexity index is 1080. The maximum Gasteiger partial charge on any atom is 0.312 e. The van der Waals surface area contributed by atoms with Gasteiger partial charge in [-0.1, -0.05) is 54.0 Å². The van der Waals surface area contributed by atoms with Crippen molar-refractivity contribution in [2.24, 2.45) is 50.2 Å². The van der Waals surface area contributed by atoms with Crippen molar-refractivity contribution >= 4 is 17.7 Å². The van der Waals surface area contributed by atoms with Gasteiger partial charge in [-0.25, -0.2) is 0 Å². The topological polar surface area (TPSA) is 69.7 Å². The van der Waals surface area contributed by atoms with Crippen molar-refractivity contribution in [2.75, 3.05) is 7.11 Å². The van der Waals surface area contributed by atoms with E-state index < -0.39 is 5.41 Å². The van der Waals surface area contributed by atoms with Gasteiger partial charge in [0.1, 0.15) is 6.10 Å². The van der Waals surface area contributed by atoms with E-state index in [1.165, 1.54) is 19.6 Å². The van der Waals surface area contributed by atoms with Crippen molar-refractivity contribution in [3.8, 4) is 0 Å². The van der Waals surface area contributed by atoms with Crippen molar-refractivity contribution in [3.63, 3.8) is 0 Å². The van der Waals surface area contributed by atoms with Crippen LogP contribution in [0.1, 0.15) is 113 Å². The van der Waals surface area contributed by atoms with Gasteiger partial charge in [0, 0.05) is 18.3 Å². The quantitative estimate of drug-likeness (QED) is 0.360. The van der Waals surface area contributed by atoms with Crippen molar-refractivity contribution in [1.29, 1.82) is 0 Å². The molecular formula is C33H50O5. The third kappa shape index (κ3) is 3.51. The van der Waals surface area contributed by atoms with Gasteiger partial charge in [0.25, 0.3) is 0 Å². The van der Waals surface area contributed by atoms with Gasteiger partial charge >= 0.3 is 11.9 Å². The lowest BCUT2D eigenvalue weighted by atomic mass is 9.34. The Morgan fingerprint density at radius 2 is 1.55 bits per heavy atom. The number of ketones is 1. The highest BCUT2D eigenvalue weighted by Crippen LogP contribution is 2.75. The lowest BCUT2D eigenvalue weighted by Crippen LogP contribution is -2.66. The SMILES string of the molecule is COC(=O)[C@]12CCC(C)(C)C[C@H]1C1C(=O)C=C3[C@@]4(C)CC[C@H](OC(C)=O)C(C)(C)[C@@H]4CC[C@@]3(C)[C@]1(C)CC2. The molecule has 38 heavy (non-hydrogen) atoms. The fraction of sp³-hybridized carbons (Fsp3) is 0.848. The van der Waals surface area contributed by atoms with Gasteiger partial charge < -0.3 is 9.47 Å². The third-order valence-electron chi connectivity index (χ3n) is 13.2. The summed E-state index contributed by atoms with van der Waals surface area (Å²) in [6.45, 7) is 17.8. The molecule has 0 aromatic rings. The lowest BCUT2D eigenvalue weighted by Gasteiger charge is -2.70. The van der Waals surface area contributed by atoms with Gasteiger partial charge in [0.15, 0.2) is 5.78 Å². The van der Waals surface area contributed by atoms with Crippen molar-refractivity contribution in [3.05, 3.63) is 11.6 Å². The zero-order valence-corrected chi connectivity index (χ0v) is 25.3. The van der Waals surface area contributed by atoms with Gasteiger partial charge in [-0.15, -0.1) is 0 Å². The highest BCUT2D eigenvalue weighted by molar-refractivity contribution is 5.96. The number of rotatable bonds is 2. The molecule has 0 N–H and O–H groups in total. The van der Waals surface area contributed by atoms with Crippen LogP contribution in [0.2, 0.25) is 0 Å². The molecule has 0 spiro atoms. The van der Waals surface area contributed by atoms with Crippen LogP contribution in [0.15, 0.2) is 11.6 Å². The van der Waals surface area contributed by atoms with Crippen molar-refractivity contribution in [2.45, 2.75) is 119 Å². The molecule has 5 aliphatic carbocycles. The first-order valence-corrected chi connectivity index (χ1v) is 15.0. The van der Waals surface area contributed by atoms with E-state index in [4.69, 9.17) is 9.47 Å². The minimum Gasteiger partial charge on any atom is -0.469 e. The van der Waals surface area contributed by atoms with Crippen LogP contribution in [0.4, 0.5) is 0 Å². The summed E-state index contributed by atoms with van der Waals surface area (Å²) in [7, 11) is 1.51. The Labute approximate surface area is 229 Å². The van der Waals surface area contributed by atoms with E-state index in [1.807, 2.05) is 0 Å². The Hall–Kier alpha value is -1.65. The highest BCUT2D eigenvalue weighted by Gasteiger charge is 2.71. The first-order chi connectivity index (χ1) is 17.5. The predicted molar refractivity (Wildman–Crippen MR) is 147 cm³/mol. The summed E-state index contributed by atoms with van der Waals surface area (Å²) in [6, 6.07) is 0. The van der Waals surface area contributed by atoms with Gasteiger partial charge in [-0.2, -0.15) is 0 Å². The Morgan fingerprint density at radius 3 is 2.18 bits per heavy atom. The molecule has 0 saturated heterocycles. The minimum absolute atomic E-state index is 0.0150. The average Bonchev–Trinajstić information content (AvgIpc) is 2.81. The molecule has 0 heterocycles. The molecular weight excluding hydrogens is 476 g/mol. The van der Waals surface area contributed by atoms with E-state index in [1.54, 1.807) is 0 Å². The first-order valence-electron chi connectivity index (χ1n) is 15.0. The molecule has 0 radical (unpaired) electrons. The molecule has 0 bridgehead atoms. The maximum absolute atomic E-state index is 14.4. The number of esters is 2. The van der Waals surface area contributed by atoms with E-state index in [-0.39, 0.29) is 62.7 Å². The van der Waals surface area contributed by atoms with Gasteiger partial charge in [-0.05, 0) is 97.4 Å². The summed E-state index contributed by atoms with van der Waals surface area (Å²) in [5, 5.41) is 0. The summed E-state index contributed by atoms with van der Waals surface area (Å²) in [4.78, 5) is 39.8. The lowest BCUT2D eigenvalue weighted by molar-refractivity contribution is -0.197. The van der Waals surface area contributed by atoms with Crippen LogP contribution >= 0.6 is 0 Å². The maximum atomic E-state index is 14.4. The molecule has 5 rings (SSSR count). The molecule has 212 valence electrons. The van der Waals surface area contributed by atoms with Gasteiger partial charge in [0.2, 0.25) is 0 Å². The normalized spacial score (nSPS) is 46.9. The van der Waals surface area contributed by atoms with Gasteiger partial charge in [-0.3, -0.25) is 14.4 Å². The summed E-state index contributed by atoms with van der Waals surface area (Å²) in [6.07, 6.45) is 10.2. The fourth-order valence-corrected chi connectivity index (χ4v) is 11.0. The number of carbonyl (C=O) groups is 3. The van der Waals surface area contributed by atoms with Crippen molar-refractivity contribution in [1.82, 2.24) is 0 Å². The largest absolute Gasteiger partial charge is 0.469 e. The molecule has 0 aromatic carbocycles. The summed E-state index contributed by atoms with van der Waals surface area (Å²) in [5.41, 5.74) is 0.312. The van der Waals surface area contributed by atoms with Crippen LogP contribution in [-0.2, 0) is 23.9 Å². The molecule has 5 aliphatic rings. The summed E-state index contributed by atoms with van der Waals surface area (Å²) < 4.78 is 11.3. The molecule has 0 amide bonds. The molecule has 8 atom stereocenters. The van der Waals surface area contributed by atoms with E-state index in [0.29, 0.717) is 5.92 Å². The van der Waals surface area contributed by atoms with Crippen LogP contribution in [0.5, 0.6) is 0 Å². The first kappa shape index (κ1) is 27.9. The molecule has 5 heteroatoms. The Morgan fingerprint density at radius 1 is 0.895 bits per heavy atom. The fourth-order valence-electron chi connectivity index (χ4n) is 11.0. The molecule has 0 aliphatic heterocycles. The number of hydrogen-bond donors (Lipinski definition) is 0. The number of ether oxygens (including phenoxy) is 2. The van der Waals surface area contributed by atoms with E-state index in [2.05, 4.69) is 54.5 Å². The van der Waals surface area contributed by atoms with Crippen LogP contribution in [0.25, 0.3) is 0 Å².